The fourth-order valence-electron chi connectivity index (χ4n) is 12.3. The Balaban J connectivity index is 0.741. The number of rotatable bonds is 10. The summed E-state index contributed by atoms with van der Waals surface area (Å²) in [5.41, 5.74) is 26.2. The molecule has 2 heterocycles. The molecule has 0 bridgehead atoms. The average Bonchev–Trinajstić information content (AvgIpc) is 4.29. The summed E-state index contributed by atoms with van der Waals surface area (Å²) in [6.45, 7) is 0. The third kappa shape index (κ3) is 8.30. The van der Waals surface area contributed by atoms with Crippen LogP contribution in [0.25, 0.3) is 144 Å². The van der Waals surface area contributed by atoms with Gasteiger partial charge in [-0.1, -0.05) is 243 Å². The summed E-state index contributed by atoms with van der Waals surface area (Å²) in [6, 6.07) is 115. The number of hydrogen-bond acceptors (Lipinski definition) is 0. The Morgan fingerprint density at radius 2 is 0.425 bits per heavy atom. The minimum atomic E-state index is 1.15. The molecule has 2 nitrogen and oxygen atoms in total. The van der Waals surface area contributed by atoms with Crippen LogP contribution in [0.1, 0.15) is 0 Å². The normalized spacial score (nSPS) is 11.5. The maximum Gasteiger partial charge on any atom is 0.0541 e. The molecule has 15 rings (SSSR count). The first-order chi connectivity index (χ1) is 39.7. The Morgan fingerprint density at radius 1 is 0.150 bits per heavy atom. The molecule has 13 aromatic carbocycles. The Bertz CT molecular complexity index is 4810. The van der Waals surface area contributed by atoms with Crippen LogP contribution < -0.4 is 0 Å². The Hall–Kier alpha value is -10.5. The van der Waals surface area contributed by atoms with Crippen molar-refractivity contribution in [3.05, 3.63) is 315 Å². The van der Waals surface area contributed by atoms with Gasteiger partial charge in [0.2, 0.25) is 0 Å². The third-order valence-corrected chi connectivity index (χ3v) is 16.1. The van der Waals surface area contributed by atoms with E-state index >= 15 is 0 Å². The van der Waals surface area contributed by atoms with E-state index in [4.69, 9.17) is 0 Å². The molecule has 2 aromatic heterocycles. The van der Waals surface area contributed by atoms with Gasteiger partial charge in [0.1, 0.15) is 0 Å². The quantitative estimate of drug-likeness (QED) is 0.129. The van der Waals surface area contributed by atoms with E-state index in [0.717, 1.165) is 5.69 Å². The molecule has 0 aliphatic heterocycles. The second-order valence-corrected chi connectivity index (χ2v) is 20.8. The third-order valence-electron chi connectivity index (χ3n) is 16.1. The molecular formula is C78H52N2. The summed E-state index contributed by atoms with van der Waals surface area (Å²) in [5, 5.41) is 4.93. The van der Waals surface area contributed by atoms with E-state index in [9.17, 15) is 0 Å². The van der Waals surface area contributed by atoms with Crippen LogP contribution in [0.15, 0.2) is 315 Å². The van der Waals surface area contributed by atoms with Gasteiger partial charge in [0.25, 0.3) is 0 Å². The van der Waals surface area contributed by atoms with Crippen LogP contribution in [-0.4, -0.2) is 9.13 Å². The molecule has 0 N–H and O–H groups in total. The van der Waals surface area contributed by atoms with Gasteiger partial charge < -0.3 is 9.13 Å². The van der Waals surface area contributed by atoms with E-state index in [1.807, 2.05) is 0 Å². The van der Waals surface area contributed by atoms with Gasteiger partial charge in [-0.15, -0.1) is 0 Å². The van der Waals surface area contributed by atoms with Crippen molar-refractivity contribution in [1.82, 2.24) is 9.13 Å². The van der Waals surface area contributed by atoms with Crippen molar-refractivity contribution in [2.45, 2.75) is 0 Å². The lowest BCUT2D eigenvalue weighted by molar-refractivity contribution is 1.18. The van der Waals surface area contributed by atoms with Crippen molar-refractivity contribution in [2.75, 3.05) is 0 Å². The highest BCUT2D eigenvalue weighted by Gasteiger charge is 2.20. The highest BCUT2D eigenvalue weighted by Crippen LogP contribution is 2.42. The van der Waals surface area contributed by atoms with Crippen LogP contribution in [0.2, 0.25) is 0 Å². The number of fused-ring (bicyclic) bond motifs is 6. The second kappa shape index (κ2) is 19.8. The van der Waals surface area contributed by atoms with Gasteiger partial charge in [0, 0.05) is 32.7 Å². The lowest BCUT2D eigenvalue weighted by Crippen LogP contribution is -1.97. The zero-order valence-electron chi connectivity index (χ0n) is 43.9. The molecular weight excluding hydrogens is 965 g/mol. The first kappa shape index (κ1) is 46.7. The van der Waals surface area contributed by atoms with Gasteiger partial charge in [-0.05, 0) is 151 Å². The van der Waals surface area contributed by atoms with E-state index in [1.54, 1.807) is 0 Å². The highest BCUT2D eigenvalue weighted by atomic mass is 15.0. The average molecular weight is 1020 g/mol. The van der Waals surface area contributed by atoms with E-state index in [2.05, 4.69) is 325 Å². The lowest BCUT2D eigenvalue weighted by Gasteiger charge is -2.15. The van der Waals surface area contributed by atoms with E-state index in [-0.39, 0.29) is 0 Å². The monoisotopic (exact) mass is 1020 g/mol. The highest BCUT2D eigenvalue weighted by molar-refractivity contribution is 6.13. The van der Waals surface area contributed by atoms with E-state index in [1.165, 1.54) is 138 Å². The topological polar surface area (TPSA) is 9.86 Å². The minimum Gasteiger partial charge on any atom is -0.309 e. The molecule has 0 saturated carbocycles. The Labute approximate surface area is 466 Å². The molecule has 80 heavy (non-hydrogen) atoms. The van der Waals surface area contributed by atoms with E-state index in [0.29, 0.717) is 0 Å². The number of hydrogen-bond donors (Lipinski definition) is 0. The molecule has 0 fully saturated rings. The van der Waals surface area contributed by atoms with Gasteiger partial charge in [-0.2, -0.15) is 0 Å². The number of benzene rings is 13. The van der Waals surface area contributed by atoms with Gasteiger partial charge >= 0.3 is 0 Å². The Morgan fingerprint density at radius 3 is 0.875 bits per heavy atom. The smallest absolute Gasteiger partial charge is 0.0541 e. The molecule has 0 spiro atoms. The molecule has 0 aliphatic carbocycles. The molecule has 0 unspecified atom stereocenters. The maximum atomic E-state index is 2.46. The van der Waals surface area contributed by atoms with Crippen molar-refractivity contribution in [3.8, 4) is 100 Å². The van der Waals surface area contributed by atoms with Crippen LogP contribution in [0, 0.1) is 0 Å². The second-order valence-electron chi connectivity index (χ2n) is 20.8. The summed E-state index contributed by atoms with van der Waals surface area (Å²) >= 11 is 0. The fourth-order valence-corrected chi connectivity index (χ4v) is 12.3. The number of aromatic nitrogens is 2. The molecule has 0 aliphatic rings. The van der Waals surface area contributed by atoms with Crippen molar-refractivity contribution in [1.29, 1.82) is 0 Å². The van der Waals surface area contributed by atoms with Crippen LogP contribution >= 0.6 is 0 Å². The van der Waals surface area contributed by atoms with Gasteiger partial charge in [-0.25, -0.2) is 0 Å². The molecule has 15 aromatic rings. The molecule has 0 radical (unpaired) electrons. The minimum absolute atomic E-state index is 1.15. The van der Waals surface area contributed by atoms with Crippen molar-refractivity contribution < 1.29 is 0 Å². The van der Waals surface area contributed by atoms with Crippen LogP contribution in [0.4, 0.5) is 0 Å². The summed E-state index contributed by atoms with van der Waals surface area (Å²) in [4.78, 5) is 0. The predicted molar refractivity (Wildman–Crippen MR) is 339 cm³/mol. The largest absolute Gasteiger partial charge is 0.309 e. The van der Waals surface area contributed by atoms with Crippen molar-refractivity contribution >= 4 is 43.6 Å². The standard InChI is InChI=1S/C78H52N2/c1-3-19-53(20-4-1)57-23-15-26-60(47-57)62-28-17-29-63(49-62)61-27-16-24-58(48-61)54-39-41-55(42-40-54)59-25-18-30-66(50-59)68-32-8-12-36-74(68)80-76-38-14-10-34-70(76)72-52-65(44-46-78(72)80)64-43-45-77-71(51-64)69-33-9-13-37-75(69)79(77)73-35-11-7-31-67(73)56-21-5-2-6-22-56/h1-52H. The summed E-state index contributed by atoms with van der Waals surface area (Å²) < 4.78 is 4.89. The first-order valence-electron chi connectivity index (χ1n) is 27.6. The van der Waals surface area contributed by atoms with Crippen molar-refractivity contribution in [2.24, 2.45) is 0 Å². The van der Waals surface area contributed by atoms with Crippen LogP contribution in [0.5, 0.6) is 0 Å². The summed E-state index contributed by atoms with van der Waals surface area (Å²) in [7, 11) is 0. The fraction of sp³-hybridized carbons (Fsp3) is 0. The summed E-state index contributed by atoms with van der Waals surface area (Å²) in [6.07, 6.45) is 0. The van der Waals surface area contributed by atoms with Gasteiger partial charge in [-0.3, -0.25) is 0 Å². The van der Waals surface area contributed by atoms with Crippen LogP contribution in [0.3, 0.4) is 0 Å². The number of nitrogens with zero attached hydrogens (tertiary/aromatic N) is 2. The summed E-state index contributed by atoms with van der Waals surface area (Å²) in [5.74, 6) is 0. The van der Waals surface area contributed by atoms with E-state index < -0.39 is 0 Å². The lowest BCUT2D eigenvalue weighted by atomic mass is 9.94. The van der Waals surface area contributed by atoms with Gasteiger partial charge in [0.15, 0.2) is 0 Å². The molecule has 0 saturated heterocycles. The van der Waals surface area contributed by atoms with Gasteiger partial charge in [0.05, 0.1) is 33.4 Å². The molecule has 374 valence electrons. The SMILES string of the molecule is c1ccc(-c2cccc(-c3cccc(-c4cccc(-c5ccc(-c6cccc(-c7ccccc7-n7c8ccccc8c8cc(-c9ccc%10c(c9)c9ccccc9n%10-c9ccccc9-c9ccccc9)ccc87)c6)cc5)c4)c3)c2)cc1. The predicted octanol–water partition coefficient (Wildman–Crippen LogP) is 21.2. The Kier molecular flexibility index (Phi) is 11.6. The zero-order chi connectivity index (χ0) is 52.9. The first-order valence-corrected chi connectivity index (χ1v) is 27.6. The number of para-hydroxylation sites is 4. The molecule has 0 amide bonds. The van der Waals surface area contributed by atoms with Crippen LogP contribution in [-0.2, 0) is 0 Å². The molecule has 0 atom stereocenters. The maximum absolute atomic E-state index is 2.46. The molecule has 2 heteroatoms. The zero-order valence-corrected chi connectivity index (χ0v) is 43.9. The van der Waals surface area contributed by atoms with Crippen molar-refractivity contribution in [3.63, 3.8) is 0 Å².